The van der Waals surface area contributed by atoms with Gasteiger partial charge in [-0.3, -0.25) is 14.4 Å². The maximum Gasteiger partial charge on any atom is 0.197 e. The maximum absolute atomic E-state index is 13.3. The fraction of sp³-hybridized carbons (Fsp3) is 0.0385. The van der Waals surface area contributed by atoms with Crippen molar-refractivity contribution in [2.45, 2.75) is 6.42 Å². The van der Waals surface area contributed by atoms with Crippen LogP contribution in [0.15, 0.2) is 78.4 Å². The molecule has 31 heavy (non-hydrogen) atoms. The van der Waals surface area contributed by atoms with Crippen molar-refractivity contribution in [3.05, 3.63) is 116 Å². The summed E-state index contributed by atoms with van der Waals surface area (Å²) >= 11 is 11.8. The van der Waals surface area contributed by atoms with Gasteiger partial charge < -0.3 is 0 Å². The Balaban J connectivity index is 1.50. The van der Waals surface area contributed by atoms with Crippen molar-refractivity contribution in [3.8, 4) is 0 Å². The molecule has 0 spiro atoms. The zero-order valence-electron chi connectivity index (χ0n) is 16.1. The molecule has 5 heteroatoms. The lowest BCUT2D eigenvalue weighted by atomic mass is 9.69. The number of hydrogen-bond donors (Lipinski definition) is 0. The monoisotopic (exact) mass is 444 g/mol. The first-order chi connectivity index (χ1) is 15.0. The van der Waals surface area contributed by atoms with Gasteiger partial charge in [0.15, 0.2) is 17.3 Å². The first-order valence-corrected chi connectivity index (χ1v) is 10.4. The third-order valence-electron chi connectivity index (χ3n) is 5.63. The minimum atomic E-state index is -0.344. The molecule has 150 valence electrons. The number of Topliss-reactive ketones (excluding diaryl/α,β-unsaturated/α-hetero) is 2. The van der Waals surface area contributed by atoms with E-state index in [1.165, 1.54) is 0 Å². The first kappa shape index (κ1) is 19.7. The zero-order chi connectivity index (χ0) is 21.7. The molecule has 0 amide bonds. The molecule has 0 heterocycles. The van der Waals surface area contributed by atoms with Crippen molar-refractivity contribution in [3.63, 3.8) is 0 Å². The molecule has 3 nitrogen and oxygen atoms in total. The van der Waals surface area contributed by atoms with Crippen molar-refractivity contribution in [1.29, 1.82) is 0 Å². The Labute approximate surface area is 188 Å². The first-order valence-electron chi connectivity index (χ1n) is 9.68. The number of allylic oxidation sites excluding steroid dienone is 4. The Morgan fingerprint density at radius 1 is 0.742 bits per heavy atom. The van der Waals surface area contributed by atoms with E-state index in [1.807, 2.05) is 12.1 Å². The van der Waals surface area contributed by atoms with E-state index in [0.717, 1.165) is 11.1 Å². The molecule has 0 unspecified atom stereocenters. The summed E-state index contributed by atoms with van der Waals surface area (Å²) in [7, 11) is 0. The van der Waals surface area contributed by atoms with Crippen LogP contribution >= 0.6 is 23.2 Å². The van der Waals surface area contributed by atoms with Crippen LogP contribution in [-0.2, 0) is 4.79 Å². The van der Waals surface area contributed by atoms with E-state index < -0.39 is 0 Å². The summed E-state index contributed by atoms with van der Waals surface area (Å²) in [6, 6.07) is 18.5. The summed E-state index contributed by atoms with van der Waals surface area (Å²) in [5.74, 6) is -0.874. The third-order valence-corrected chi connectivity index (χ3v) is 6.13. The Morgan fingerprint density at radius 2 is 1.32 bits per heavy atom. The van der Waals surface area contributed by atoms with E-state index >= 15 is 0 Å². The molecule has 0 radical (unpaired) electrons. The molecule has 0 aliphatic heterocycles. The van der Waals surface area contributed by atoms with Crippen LogP contribution in [0.5, 0.6) is 0 Å². The summed E-state index contributed by atoms with van der Waals surface area (Å²) in [6.07, 6.45) is 2.15. The highest BCUT2D eigenvalue weighted by atomic mass is 35.5. The molecule has 0 saturated heterocycles. The highest BCUT2D eigenvalue weighted by Gasteiger charge is 2.39. The SMILES string of the molecule is O=C1C(C(=O)c2ccc(Cl)cc2)=CCC2=C1c1c(C(=O)c3ccc(Cl)cc3)cccc12. The Bertz CT molecular complexity index is 1340. The van der Waals surface area contributed by atoms with Crippen LogP contribution in [0.1, 0.15) is 43.8 Å². The smallest absolute Gasteiger partial charge is 0.197 e. The highest BCUT2D eigenvalue weighted by molar-refractivity contribution is 6.48. The predicted molar refractivity (Wildman–Crippen MR) is 122 cm³/mol. The van der Waals surface area contributed by atoms with Crippen LogP contribution in [0.25, 0.3) is 11.1 Å². The van der Waals surface area contributed by atoms with Crippen molar-refractivity contribution in [2.75, 3.05) is 0 Å². The molecule has 3 aromatic carbocycles. The van der Waals surface area contributed by atoms with Gasteiger partial charge in [-0.15, -0.1) is 0 Å². The molecule has 2 aliphatic rings. The van der Waals surface area contributed by atoms with Crippen LogP contribution in [0.4, 0.5) is 0 Å². The summed E-state index contributed by atoms with van der Waals surface area (Å²) in [6.45, 7) is 0. The summed E-state index contributed by atoms with van der Waals surface area (Å²) in [5, 5.41) is 1.06. The standard InChI is InChI=1S/C26H14Cl2O3/c27-16-8-4-14(5-9-16)24(29)20-3-1-2-18-19-12-13-21(26(31)23(19)22(18)20)25(30)15-6-10-17(28)11-7-15/h1-11,13H,12H2. The van der Waals surface area contributed by atoms with Gasteiger partial charge >= 0.3 is 0 Å². The zero-order valence-corrected chi connectivity index (χ0v) is 17.6. The van der Waals surface area contributed by atoms with Gasteiger partial charge in [0.05, 0.1) is 5.57 Å². The normalized spacial score (nSPS) is 14.4. The van der Waals surface area contributed by atoms with Crippen molar-refractivity contribution in [1.82, 2.24) is 0 Å². The number of benzene rings is 3. The number of hydrogen-bond acceptors (Lipinski definition) is 3. The van der Waals surface area contributed by atoms with Crippen molar-refractivity contribution in [2.24, 2.45) is 0 Å². The summed E-state index contributed by atoms with van der Waals surface area (Å²) in [4.78, 5) is 39.4. The number of carbonyl (C=O) groups excluding carboxylic acids is 3. The van der Waals surface area contributed by atoms with Gasteiger partial charge in [0.1, 0.15) is 0 Å². The van der Waals surface area contributed by atoms with Gasteiger partial charge in [-0.2, -0.15) is 0 Å². The maximum atomic E-state index is 13.3. The van der Waals surface area contributed by atoms with Gasteiger partial charge in [0.25, 0.3) is 0 Å². The van der Waals surface area contributed by atoms with E-state index in [-0.39, 0.29) is 22.9 Å². The van der Waals surface area contributed by atoms with E-state index in [2.05, 4.69) is 0 Å². The summed E-state index contributed by atoms with van der Waals surface area (Å²) in [5.41, 5.74) is 4.31. The van der Waals surface area contributed by atoms with Gasteiger partial charge in [-0.1, -0.05) is 47.5 Å². The van der Waals surface area contributed by atoms with E-state index in [4.69, 9.17) is 23.2 Å². The molecule has 0 fully saturated rings. The van der Waals surface area contributed by atoms with Crippen LogP contribution in [0, 0.1) is 0 Å². The molecular formula is C26H14Cl2O3. The Morgan fingerprint density at radius 3 is 1.94 bits per heavy atom. The predicted octanol–water partition coefficient (Wildman–Crippen LogP) is 6.23. The van der Waals surface area contributed by atoms with E-state index in [9.17, 15) is 14.4 Å². The molecule has 5 rings (SSSR count). The fourth-order valence-electron chi connectivity index (χ4n) is 4.09. The quantitative estimate of drug-likeness (QED) is 0.353. The van der Waals surface area contributed by atoms with Gasteiger partial charge in [-0.05, 0) is 66.1 Å². The topological polar surface area (TPSA) is 51.2 Å². The minimum Gasteiger partial charge on any atom is -0.289 e. The number of fused-ring (bicyclic) bond motifs is 3. The minimum absolute atomic E-state index is 0.125. The number of carbonyl (C=O) groups is 3. The molecule has 2 aliphatic carbocycles. The van der Waals surface area contributed by atoms with E-state index in [0.29, 0.717) is 44.3 Å². The molecule has 0 atom stereocenters. The molecule has 3 aromatic rings. The number of halogens is 2. The fourth-order valence-corrected chi connectivity index (χ4v) is 4.34. The van der Waals surface area contributed by atoms with Gasteiger partial charge in [0, 0.05) is 37.9 Å². The molecule has 0 N–H and O–H groups in total. The molecular weight excluding hydrogens is 431 g/mol. The molecule has 0 bridgehead atoms. The average Bonchev–Trinajstić information content (AvgIpc) is 2.77. The third kappa shape index (κ3) is 3.18. The van der Waals surface area contributed by atoms with Crippen LogP contribution in [-0.4, -0.2) is 17.3 Å². The molecule has 0 saturated carbocycles. The lowest BCUT2D eigenvalue weighted by molar-refractivity contribution is -0.110. The Kier molecular flexibility index (Phi) is 4.73. The highest BCUT2D eigenvalue weighted by Crippen LogP contribution is 2.48. The van der Waals surface area contributed by atoms with Gasteiger partial charge in [-0.25, -0.2) is 0 Å². The van der Waals surface area contributed by atoms with Crippen LogP contribution in [0.2, 0.25) is 10.0 Å². The van der Waals surface area contributed by atoms with Crippen LogP contribution < -0.4 is 0 Å². The second-order valence-corrected chi connectivity index (χ2v) is 8.28. The van der Waals surface area contributed by atoms with Gasteiger partial charge in [0.2, 0.25) is 0 Å². The molecule has 0 aromatic heterocycles. The number of rotatable bonds is 4. The van der Waals surface area contributed by atoms with Crippen LogP contribution in [0.3, 0.4) is 0 Å². The second kappa shape index (κ2) is 7.45. The lowest BCUT2D eigenvalue weighted by Gasteiger charge is -2.32. The van der Waals surface area contributed by atoms with E-state index in [1.54, 1.807) is 60.7 Å². The van der Waals surface area contributed by atoms with Crippen molar-refractivity contribution >= 4 is 51.7 Å². The number of ketones is 3. The Hall–Kier alpha value is -3.27. The average molecular weight is 445 g/mol. The second-order valence-electron chi connectivity index (χ2n) is 7.40. The summed E-state index contributed by atoms with van der Waals surface area (Å²) < 4.78 is 0. The lowest BCUT2D eigenvalue weighted by Crippen LogP contribution is -2.26. The van der Waals surface area contributed by atoms with Crippen molar-refractivity contribution < 1.29 is 14.4 Å². The largest absolute Gasteiger partial charge is 0.289 e.